The van der Waals surface area contributed by atoms with Gasteiger partial charge in [0.25, 0.3) is 5.91 Å². The molecule has 0 aromatic heterocycles. The second kappa shape index (κ2) is 8.85. The van der Waals surface area contributed by atoms with Crippen LogP contribution in [0.1, 0.15) is 44.0 Å². The maximum atomic E-state index is 12.5. The smallest absolute Gasteiger partial charge is 0.254 e. The zero-order valence-corrected chi connectivity index (χ0v) is 13.3. The molecule has 1 aromatic rings. The van der Waals surface area contributed by atoms with Gasteiger partial charge in [-0.2, -0.15) is 0 Å². The van der Waals surface area contributed by atoms with Crippen molar-refractivity contribution in [1.29, 1.82) is 0 Å². The van der Waals surface area contributed by atoms with Gasteiger partial charge in [0.05, 0.1) is 6.61 Å². The highest BCUT2D eigenvalue weighted by Gasteiger charge is 2.18. The predicted octanol–water partition coefficient (Wildman–Crippen LogP) is 3.95. The number of carbonyl (C=O) groups is 1. The van der Waals surface area contributed by atoms with E-state index in [1.807, 2.05) is 43.0 Å². The van der Waals surface area contributed by atoms with Crippen molar-refractivity contribution >= 4 is 17.5 Å². The molecule has 0 heterocycles. The lowest BCUT2D eigenvalue weighted by Gasteiger charge is -2.26. The fourth-order valence-electron chi connectivity index (χ4n) is 1.93. The van der Waals surface area contributed by atoms with Gasteiger partial charge in [-0.25, -0.2) is 0 Å². The van der Waals surface area contributed by atoms with Crippen molar-refractivity contribution < 1.29 is 9.53 Å². The number of benzene rings is 1. The molecular weight excluding hydrogens is 274 g/mol. The number of alkyl halides is 1. The van der Waals surface area contributed by atoms with E-state index in [4.69, 9.17) is 16.3 Å². The van der Waals surface area contributed by atoms with E-state index >= 15 is 0 Å². The lowest BCUT2D eigenvalue weighted by Crippen LogP contribution is -2.37. The van der Waals surface area contributed by atoms with E-state index in [0.29, 0.717) is 24.6 Å². The summed E-state index contributed by atoms with van der Waals surface area (Å²) in [6, 6.07) is 7.54. The molecule has 0 fully saturated rings. The van der Waals surface area contributed by atoms with Crippen molar-refractivity contribution in [3.63, 3.8) is 0 Å². The standard InChI is InChI=1S/C16H24ClNO2/c1-4-11-20-15-8-5-7-14(12-15)16(19)18(13(2)3)10-6-9-17/h5,7-8,12-13H,4,6,9-11H2,1-3H3. The molecule has 0 radical (unpaired) electrons. The van der Waals surface area contributed by atoms with Gasteiger partial charge < -0.3 is 9.64 Å². The first kappa shape index (κ1) is 16.8. The Morgan fingerprint density at radius 1 is 1.40 bits per heavy atom. The van der Waals surface area contributed by atoms with E-state index in [0.717, 1.165) is 18.6 Å². The molecule has 1 rings (SSSR count). The summed E-state index contributed by atoms with van der Waals surface area (Å²) in [5.74, 6) is 1.35. The number of carbonyl (C=O) groups excluding carboxylic acids is 1. The van der Waals surface area contributed by atoms with Crippen LogP contribution in [0.3, 0.4) is 0 Å². The van der Waals surface area contributed by atoms with E-state index < -0.39 is 0 Å². The van der Waals surface area contributed by atoms with Crippen LogP contribution < -0.4 is 4.74 Å². The molecule has 0 aliphatic heterocycles. The van der Waals surface area contributed by atoms with Gasteiger partial charge in [-0.3, -0.25) is 4.79 Å². The van der Waals surface area contributed by atoms with Gasteiger partial charge in [0.1, 0.15) is 5.75 Å². The molecule has 0 saturated carbocycles. The second-order valence-electron chi connectivity index (χ2n) is 5.01. The normalized spacial score (nSPS) is 10.7. The summed E-state index contributed by atoms with van der Waals surface area (Å²) in [5.41, 5.74) is 0.668. The Morgan fingerprint density at radius 2 is 2.15 bits per heavy atom. The van der Waals surface area contributed by atoms with E-state index in [1.54, 1.807) is 0 Å². The highest BCUT2D eigenvalue weighted by molar-refractivity contribution is 6.17. The quantitative estimate of drug-likeness (QED) is 0.680. The Hall–Kier alpha value is -1.22. The average Bonchev–Trinajstić information content (AvgIpc) is 2.45. The summed E-state index contributed by atoms with van der Waals surface area (Å²) in [5, 5.41) is 0. The largest absolute Gasteiger partial charge is 0.494 e. The van der Waals surface area contributed by atoms with E-state index in [1.165, 1.54) is 0 Å². The highest BCUT2D eigenvalue weighted by Crippen LogP contribution is 2.16. The van der Waals surface area contributed by atoms with Crippen LogP contribution in [0.5, 0.6) is 5.75 Å². The number of hydrogen-bond acceptors (Lipinski definition) is 2. The Morgan fingerprint density at radius 3 is 2.75 bits per heavy atom. The molecule has 3 nitrogen and oxygen atoms in total. The molecule has 0 aliphatic carbocycles. The van der Waals surface area contributed by atoms with Crippen LogP contribution in [0.15, 0.2) is 24.3 Å². The number of amides is 1. The number of nitrogens with zero attached hydrogens (tertiary/aromatic N) is 1. The Kier molecular flexibility index (Phi) is 7.45. The molecular formula is C16H24ClNO2. The third-order valence-corrected chi connectivity index (χ3v) is 3.24. The Balaban J connectivity index is 2.82. The summed E-state index contributed by atoms with van der Waals surface area (Å²) in [6.45, 7) is 7.44. The van der Waals surface area contributed by atoms with Crippen molar-refractivity contribution in [3.05, 3.63) is 29.8 Å². The van der Waals surface area contributed by atoms with Crippen molar-refractivity contribution in [2.75, 3.05) is 19.0 Å². The predicted molar refractivity (Wildman–Crippen MR) is 83.7 cm³/mol. The number of ether oxygens (including phenoxy) is 1. The monoisotopic (exact) mass is 297 g/mol. The van der Waals surface area contributed by atoms with Gasteiger partial charge in [0, 0.05) is 24.0 Å². The van der Waals surface area contributed by atoms with Gasteiger partial charge in [0.2, 0.25) is 0 Å². The van der Waals surface area contributed by atoms with E-state index in [2.05, 4.69) is 6.92 Å². The molecule has 0 unspecified atom stereocenters. The maximum absolute atomic E-state index is 12.5. The Labute approximate surface area is 126 Å². The van der Waals surface area contributed by atoms with Gasteiger partial charge >= 0.3 is 0 Å². The minimum atomic E-state index is 0.0343. The first-order valence-corrected chi connectivity index (χ1v) is 7.73. The van der Waals surface area contributed by atoms with Gasteiger partial charge in [0.15, 0.2) is 0 Å². The van der Waals surface area contributed by atoms with Crippen molar-refractivity contribution in [3.8, 4) is 5.75 Å². The van der Waals surface area contributed by atoms with Crippen LogP contribution >= 0.6 is 11.6 Å². The average molecular weight is 298 g/mol. The zero-order chi connectivity index (χ0) is 15.0. The number of hydrogen-bond donors (Lipinski definition) is 0. The minimum Gasteiger partial charge on any atom is -0.494 e. The molecule has 4 heteroatoms. The van der Waals surface area contributed by atoms with Crippen LogP contribution in [0, 0.1) is 0 Å². The molecule has 0 N–H and O–H groups in total. The topological polar surface area (TPSA) is 29.5 Å². The third kappa shape index (κ3) is 5.04. The SMILES string of the molecule is CCCOc1cccc(C(=O)N(CCCCl)C(C)C)c1. The van der Waals surface area contributed by atoms with Crippen molar-refractivity contribution in [2.45, 2.75) is 39.7 Å². The Bertz CT molecular complexity index is 421. The number of halogens is 1. The van der Waals surface area contributed by atoms with Gasteiger partial charge in [-0.15, -0.1) is 11.6 Å². The van der Waals surface area contributed by atoms with Gasteiger partial charge in [-0.1, -0.05) is 13.0 Å². The molecule has 0 aliphatic rings. The second-order valence-corrected chi connectivity index (χ2v) is 5.39. The van der Waals surface area contributed by atoms with E-state index in [9.17, 15) is 4.79 Å². The maximum Gasteiger partial charge on any atom is 0.254 e. The first-order chi connectivity index (χ1) is 9.60. The summed E-state index contributed by atoms with van der Waals surface area (Å²) < 4.78 is 5.58. The van der Waals surface area contributed by atoms with Gasteiger partial charge in [-0.05, 0) is 44.9 Å². The number of rotatable bonds is 8. The fraction of sp³-hybridized carbons (Fsp3) is 0.562. The fourth-order valence-corrected chi connectivity index (χ4v) is 2.05. The first-order valence-electron chi connectivity index (χ1n) is 7.20. The molecule has 1 aromatic carbocycles. The molecule has 112 valence electrons. The summed E-state index contributed by atoms with van der Waals surface area (Å²) in [4.78, 5) is 14.4. The summed E-state index contributed by atoms with van der Waals surface area (Å²) >= 11 is 5.73. The molecule has 1 amide bonds. The minimum absolute atomic E-state index is 0.0343. The molecule has 0 saturated heterocycles. The van der Waals surface area contributed by atoms with Crippen molar-refractivity contribution in [1.82, 2.24) is 4.90 Å². The van der Waals surface area contributed by atoms with Crippen molar-refractivity contribution in [2.24, 2.45) is 0 Å². The van der Waals surface area contributed by atoms with E-state index in [-0.39, 0.29) is 11.9 Å². The lowest BCUT2D eigenvalue weighted by molar-refractivity contribution is 0.0706. The zero-order valence-electron chi connectivity index (χ0n) is 12.6. The van der Waals surface area contributed by atoms with Crippen LogP contribution in [-0.4, -0.2) is 35.9 Å². The third-order valence-electron chi connectivity index (χ3n) is 2.97. The van der Waals surface area contributed by atoms with Crippen LogP contribution in [0.2, 0.25) is 0 Å². The molecule has 0 atom stereocenters. The summed E-state index contributed by atoms with van der Waals surface area (Å²) in [7, 11) is 0. The molecule has 0 bridgehead atoms. The molecule has 20 heavy (non-hydrogen) atoms. The van der Waals surface area contributed by atoms with Crippen LogP contribution in [-0.2, 0) is 0 Å². The molecule has 0 spiro atoms. The highest BCUT2D eigenvalue weighted by atomic mass is 35.5. The lowest BCUT2D eigenvalue weighted by atomic mass is 10.1. The van der Waals surface area contributed by atoms with Crippen LogP contribution in [0.4, 0.5) is 0 Å². The summed E-state index contributed by atoms with van der Waals surface area (Å²) in [6.07, 6.45) is 1.75. The van der Waals surface area contributed by atoms with Crippen LogP contribution in [0.25, 0.3) is 0 Å².